The number of hydrogen-bond acceptors (Lipinski definition) is 3. The second kappa shape index (κ2) is 8.78. The fourth-order valence-electron chi connectivity index (χ4n) is 2.63. The largest absolute Gasteiger partial charge is 0.354 e. The first-order valence-electron chi connectivity index (χ1n) is 8.57. The van der Waals surface area contributed by atoms with Gasteiger partial charge in [0.05, 0.1) is 12.2 Å². The Morgan fingerprint density at radius 1 is 1.00 bits per heavy atom. The highest BCUT2D eigenvalue weighted by molar-refractivity contribution is 5.75. The lowest BCUT2D eigenvalue weighted by molar-refractivity contribution is -0.121. The predicted octanol–water partition coefficient (Wildman–Crippen LogP) is 3.08. The van der Waals surface area contributed by atoms with E-state index in [4.69, 9.17) is 0 Å². The van der Waals surface area contributed by atoms with E-state index in [1.54, 1.807) is 6.20 Å². The second-order valence-corrected chi connectivity index (χ2v) is 5.87. The third-order valence-corrected chi connectivity index (χ3v) is 3.94. The van der Waals surface area contributed by atoms with Crippen LogP contribution in [-0.2, 0) is 17.8 Å². The average Bonchev–Trinajstić information content (AvgIpc) is 3.12. The molecule has 128 valence electrons. The van der Waals surface area contributed by atoms with E-state index in [-0.39, 0.29) is 5.91 Å². The number of aryl methyl sites for hydroxylation is 1. The Balaban J connectivity index is 1.36. The predicted molar refractivity (Wildman–Crippen MR) is 97.8 cm³/mol. The van der Waals surface area contributed by atoms with E-state index in [9.17, 15) is 4.79 Å². The van der Waals surface area contributed by atoms with Crippen LogP contribution in [0.1, 0.15) is 18.4 Å². The zero-order chi connectivity index (χ0) is 17.3. The van der Waals surface area contributed by atoms with E-state index in [1.807, 2.05) is 53.3 Å². The van der Waals surface area contributed by atoms with Gasteiger partial charge in [-0.3, -0.25) is 14.5 Å². The van der Waals surface area contributed by atoms with Gasteiger partial charge >= 0.3 is 0 Å². The summed E-state index contributed by atoms with van der Waals surface area (Å²) in [4.78, 5) is 16.2. The molecule has 0 atom stereocenters. The molecule has 2 heterocycles. The van der Waals surface area contributed by atoms with Crippen LogP contribution < -0.4 is 5.32 Å². The first-order valence-corrected chi connectivity index (χ1v) is 8.57. The molecule has 0 bridgehead atoms. The molecule has 0 aliphatic heterocycles. The molecule has 0 spiro atoms. The van der Waals surface area contributed by atoms with Crippen molar-refractivity contribution in [1.29, 1.82) is 0 Å². The van der Waals surface area contributed by atoms with Crippen LogP contribution in [0.3, 0.4) is 0 Å². The summed E-state index contributed by atoms with van der Waals surface area (Å²) in [5, 5.41) is 7.43. The summed E-state index contributed by atoms with van der Waals surface area (Å²) >= 11 is 0. The van der Waals surface area contributed by atoms with Crippen LogP contribution in [0.4, 0.5) is 0 Å². The van der Waals surface area contributed by atoms with Gasteiger partial charge in [-0.25, -0.2) is 0 Å². The molecule has 1 aromatic carbocycles. The topological polar surface area (TPSA) is 59.8 Å². The van der Waals surface area contributed by atoms with Crippen molar-refractivity contribution < 1.29 is 4.79 Å². The van der Waals surface area contributed by atoms with Crippen LogP contribution in [-0.4, -0.2) is 27.2 Å². The number of rotatable bonds is 8. The maximum atomic E-state index is 11.9. The third-order valence-electron chi connectivity index (χ3n) is 3.94. The Kier molecular flexibility index (Phi) is 5.93. The van der Waals surface area contributed by atoms with E-state index >= 15 is 0 Å². The summed E-state index contributed by atoms with van der Waals surface area (Å²) in [6.07, 6.45) is 6.01. The summed E-state index contributed by atoms with van der Waals surface area (Å²) in [6, 6.07) is 17.9. The lowest BCUT2D eigenvalue weighted by atomic mass is 10.1. The molecule has 0 saturated heterocycles. The summed E-state index contributed by atoms with van der Waals surface area (Å²) < 4.78 is 1.83. The van der Waals surface area contributed by atoms with Crippen LogP contribution in [0.25, 0.3) is 11.4 Å². The molecule has 1 N–H and O–H groups in total. The van der Waals surface area contributed by atoms with Gasteiger partial charge in [-0.1, -0.05) is 36.4 Å². The smallest absolute Gasteiger partial charge is 0.220 e. The van der Waals surface area contributed by atoms with Gasteiger partial charge in [-0.2, -0.15) is 5.10 Å². The number of benzene rings is 1. The van der Waals surface area contributed by atoms with E-state index < -0.39 is 0 Å². The van der Waals surface area contributed by atoms with Gasteiger partial charge in [0.1, 0.15) is 5.69 Å². The Morgan fingerprint density at radius 3 is 2.64 bits per heavy atom. The lowest BCUT2D eigenvalue weighted by Gasteiger charge is -2.06. The highest BCUT2D eigenvalue weighted by atomic mass is 16.1. The van der Waals surface area contributed by atoms with Crippen molar-refractivity contribution in [3.8, 4) is 11.4 Å². The monoisotopic (exact) mass is 334 g/mol. The molecule has 5 nitrogen and oxygen atoms in total. The van der Waals surface area contributed by atoms with Crippen LogP contribution in [0.15, 0.2) is 67.0 Å². The minimum Gasteiger partial charge on any atom is -0.354 e. The van der Waals surface area contributed by atoms with Crippen molar-refractivity contribution in [1.82, 2.24) is 20.1 Å². The van der Waals surface area contributed by atoms with E-state index in [1.165, 1.54) is 5.56 Å². The molecule has 1 amide bonds. The van der Waals surface area contributed by atoms with Crippen molar-refractivity contribution in [3.63, 3.8) is 0 Å². The summed E-state index contributed by atoms with van der Waals surface area (Å²) in [7, 11) is 0. The van der Waals surface area contributed by atoms with Gasteiger partial charge in [0.25, 0.3) is 0 Å². The molecule has 0 saturated carbocycles. The van der Waals surface area contributed by atoms with Crippen LogP contribution >= 0.6 is 0 Å². The van der Waals surface area contributed by atoms with E-state index in [0.29, 0.717) is 19.5 Å². The zero-order valence-electron chi connectivity index (χ0n) is 14.1. The molecular formula is C20H22N4O. The standard InChI is InChI=1S/C20H22N4O/c25-20(11-6-9-17-7-2-1-3-8-17)22-14-16-24-15-12-19(23-24)18-10-4-5-13-21-18/h1-5,7-8,10,12-13,15H,6,9,11,14,16H2,(H,22,25). The fourth-order valence-corrected chi connectivity index (χ4v) is 2.63. The van der Waals surface area contributed by atoms with E-state index in [0.717, 1.165) is 24.2 Å². The number of nitrogens with zero attached hydrogens (tertiary/aromatic N) is 3. The Labute approximate surface area is 147 Å². The second-order valence-electron chi connectivity index (χ2n) is 5.87. The summed E-state index contributed by atoms with van der Waals surface area (Å²) in [5.41, 5.74) is 2.97. The van der Waals surface area contributed by atoms with Crippen LogP contribution in [0.2, 0.25) is 0 Å². The van der Waals surface area contributed by atoms with Crippen molar-refractivity contribution >= 4 is 5.91 Å². The molecule has 0 aliphatic carbocycles. The SMILES string of the molecule is O=C(CCCc1ccccc1)NCCn1ccc(-c2ccccn2)n1. The van der Waals surface area contributed by atoms with Crippen LogP contribution in [0.5, 0.6) is 0 Å². The van der Waals surface area contributed by atoms with Crippen molar-refractivity contribution in [2.75, 3.05) is 6.54 Å². The van der Waals surface area contributed by atoms with Gasteiger partial charge < -0.3 is 5.32 Å². The number of carbonyl (C=O) groups is 1. The zero-order valence-corrected chi connectivity index (χ0v) is 14.1. The number of pyridine rings is 1. The highest BCUT2D eigenvalue weighted by Gasteiger charge is 2.04. The molecule has 3 rings (SSSR count). The molecule has 0 radical (unpaired) electrons. The summed E-state index contributed by atoms with van der Waals surface area (Å²) in [6.45, 7) is 1.23. The Bertz CT molecular complexity index is 784. The minimum absolute atomic E-state index is 0.0908. The molecule has 25 heavy (non-hydrogen) atoms. The normalized spacial score (nSPS) is 10.6. The molecular weight excluding hydrogens is 312 g/mol. The average molecular weight is 334 g/mol. The number of aromatic nitrogens is 3. The van der Waals surface area contributed by atoms with Gasteiger partial charge in [0.15, 0.2) is 0 Å². The fraction of sp³-hybridized carbons (Fsp3) is 0.250. The van der Waals surface area contributed by atoms with Crippen molar-refractivity contribution in [2.45, 2.75) is 25.8 Å². The molecule has 0 fully saturated rings. The molecule has 0 aliphatic rings. The molecule has 5 heteroatoms. The number of amides is 1. The highest BCUT2D eigenvalue weighted by Crippen LogP contribution is 2.12. The Hall–Kier alpha value is -2.95. The molecule has 0 unspecified atom stereocenters. The minimum atomic E-state index is 0.0908. The maximum Gasteiger partial charge on any atom is 0.220 e. The van der Waals surface area contributed by atoms with Gasteiger partial charge in [0, 0.05) is 25.4 Å². The third kappa shape index (κ3) is 5.28. The van der Waals surface area contributed by atoms with E-state index in [2.05, 4.69) is 27.5 Å². The quantitative estimate of drug-likeness (QED) is 0.689. The van der Waals surface area contributed by atoms with Gasteiger partial charge in [-0.05, 0) is 36.6 Å². The number of carbonyl (C=O) groups excluding carboxylic acids is 1. The number of hydrogen-bond donors (Lipinski definition) is 1. The molecule has 2 aromatic heterocycles. The van der Waals surface area contributed by atoms with Crippen molar-refractivity contribution in [2.24, 2.45) is 0 Å². The van der Waals surface area contributed by atoms with Crippen molar-refractivity contribution in [3.05, 3.63) is 72.6 Å². The Morgan fingerprint density at radius 2 is 1.84 bits per heavy atom. The van der Waals surface area contributed by atoms with Gasteiger partial charge in [0.2, 0.25) is 5.91 Å². The maximum absolute atomic E-state index is 11.9. The molecule has 3 aromatic rings. The first-order chi connectivity index (χ1) is 12.3. The van der Waals surface area contributed by atoms with Crippen LogP contribution in [0, 0.1) is 0 Å². The first kappa shape index (κ1) is 16.9. The lowest BCUT2D eigenvalue weighted by Crippen LogP contribution is -2.27. The summed E-state index contributed by atoms with van der Waals surface area (Å²) in [5.74, 6) is 0.0908. The number of nitrogens with one attached hydrogen (secondary N) is 1. The van der Waals surface area contributed by atoms with Gasteiger partial charge in [-0.15, -0.1) is 0 Å².